The minimum Gasteiger partial charge on any atom is -0.474 e. The average Bonchev–Trinajstić information content (AvgIpc) is 2.87. The minimum absolute atomic E-state index is 0.213. The Kier molecular flexibility index (Phi) is 2.12. The van der Waals surface area contributed by atoms with E-state index in [1.165, 1.54) is 12.8 Å². The highest BCUT2D eigenvalue weighted by Crippen LogP contribution is 2.27. The summed E-state index contributed by atoms with van der Waals surface area (Å²) in [6.07, 6.45) is 6.54. The number of rotatable bonds is 2. The number of nitrogens with zero attached hydrogens (tertiary/aromatic N) is 3. The molecule has 16 heavy (non-hydrogen) atoms. The molecule has 0 saturated heterocycles. The topological polar surface area (TPSA) is 89.7 Å². The second kappa shape index (κ2) is 3.62. The molecule has 0 aromatic carbocycles. The lowest BCUT2D eigenvalue weighted by molar-refractivity contribution is 0.204. The summed E-state index contributed by atoms with van der Waals surface area (Å²) in [5, 5.41) is 7.47. The van der Waals surface area contributed by atoms with E-state index < -0.39 is 0 Å². The normalized spacial score (nSPS) is 17.0. The van der Waals surface area contributed by atoms with Crippen LogP contribution >= 0.6 is 0 Å². The second-order valence-electron chi connectivity index (χ2n) is 4.04. The number of aromatic nitrogens is 4. The fourth-order valence-corrected chi connectivity index (χ4v) is 2.08. The summed E-state index contributed by atoms with van der Waals surface area (Å²) in [5.41, 5.74) is 6.23. The number of hydrogen-bond donors (Lipinski definition) is 2. The average molecular weight is 219 g/mol. The van der Waals surface area contributed by atoms with Crippen LogP contribution in [0.25, 0.3) is 11.0 Å². The molecule has 0 atom stereocenters. The van der Waals surface area contributed by atoms with Gasteiger partial charge in [0.2, 0.25) is 11.8 Å². The Morgan fingerprint density at radius 2 is 2.12 bits per heavy atom. The van der Waals surface area contributed by atoms with Crippen molar-refractivity contribution in [2.45, 2.75) is 31.8 Å². The second-order valence-corrected chi connectivity index (χ2v) is 4.04. The van der Waals surface area contributed by atoms with Crippen LogP contribution in [0.2, 0.25) is 0 Å². The Bertz CT molecular complexity index is 503. The van der Waals surface area contributed by atoms with Crippen LogP contribution in [0.4, 0.5) is 5.95 Å². The van der Waals surface area contributed by atoms with Gasteiger partial charge in [-0.2, -0.15) is 15.1 Å². The predicted octanol–water partition coefficient (Wildman–Crippen LogP) is 1.26. The number of nitrogens with two attached hydrogens (primary N) is 1. The predicted molar refractivity (Wildman–Crippen MR) is 59.0 cm³/mol. The van der Waals surface area contributed by atoms with Crippen LogP contribution in [0.3, 0.4) is 0 Å². The molecule has 1 fully saturated rings. The number of anilines is 1. The van der Waals surface area contributed by atoms with Gasteiger partial charge in [-0.15, -0.1) is 0 Å². The lowest BCUT2D eigenvalue weighted by Gasteiger charge is -2.12. The molecule has 0 radical (unpaired) electrons. The molecule has 0 aliphatic heterocycles. The Morgan fingerprint density at radius 1 is 1.31 bits per heavy atom. The number of aromatic amines is 1. The van der Waals surface area contributed by atoms with Gasteiger partial charge in [-0.25, -0.2) is 0 Å². The van der Waals surface area contributed by atoms with Crippen LogP contribution in [0.1, 0.15) is 25.7 Å². The smallest absolute Gasteiger partial charge is 0.229 e. The molecule has 6 nitrogen and oxygen atoms in total. The molecule has 1 saturated carbocycles. The quantitative estimate of drug-likeness (QED) is 0.793. The van der Waals surface area contributed by atoms with E-state index in [0.29, 0.717) is 11.5 Å². The number of ether oxygens (including phenoxy) is 1. The van der Waals surface area contributed by atoms with Crippen molar-refractivity contribution in [1.29, 1.82) is 0 Å². The molecule has 3 rings (SSSR count). The van der Waals surface area contributed by atoms with Gasteiger partial charge in [0.1, 0.15) is 11.5 Å². The largest absolute Gasteiger partial charge is 0.474 e. The first kappa shape index (κ1) is 9.38. The molecule has 3 N–H and O–H groups in total. The maximum Gasteiger partial charge on any atom is 0.229 e. The van der Waals surface area contributed by atoms with E-state index in [0.717, 1.165) is 18.2 Å². The summed E-state index contributed by atoms with van der Waals surface area (Å²) in [6, 6.07) is 0. The third-order valence-corrected chi connectivity index (χ3v) is 2.87. The Hall–Kier alpha value is -1.85. The van der Waals surface area contributed by atoms with Crippen LogP contribution in [0, 0.1) is 0 Å². The van der Waals surface area contributed by atoms with Crippen LogP contribution in [0.15, 0.2) is 6.20 Å². The Balaban J connectivity index is 1.97. The van der Waals surface area contributed by atoms with Crippen molar-refractivity contribution in [2.75, 3.05) is 5.73 Å². The summed E-state index contributed by atoms with van der Waals surface area (Å²) in [4.78, 5) is 8.16. The zero-order valence-electron chi connectivity index (χ0n) is 8.81. The number of hydrogen-bond acceptors (Lipinski definition) is 5. The lowest BCUT2D eigenvalue weighted by Crippen LogP contribution is -2.12. The Labute approximate surface area is 92.2 Å². The molecular formula is C10H13N5O. The third kappa shape index (κ3) is 1.56. The standard InChI is InChI=1S/C10H13N5O/c11-10-13-8-7(5-12-15-8)9(14-10)16-6-3-1-2-4-6/h5-6H,1-4H2,(H3,11,12,13,14,15). The van der Waals surface area contributed by atoms with E-state index in [4.69, 9.17) is 10.5 Å². The van der Waals surface area contributed by atoms with E-state index in [2.05, 4.69) is 20.2 Å². The first-order chi connectivity index (χ1) is 7.83. The van der Waals surface area contributed by atoms with Gasteiger partial charge < -0.3 is 10.5 Å². The number of nitrogens with one attached hydrogen (secondary N) is 1. The maximum atomic E-state index is 5.84. The van der Waals surface area contributed by atoms with E-state index in [-0.39, 0.29) is 12.1 Å². The summed E-state index contributed by atoms with van der Waals surface area (Å²) in [5.74, 6) is 0.757. The molecule has 2 heterocycles. The summed E-state index contributed by atoms with van der Waals surface area (Å²) in [6.45, 7) is 0. The zero-order valence-corrected chi connectivity index (χ0v) is 8.81. The molecule has 0 bridgehead atoms. The highest BCUT2D eigenvalue weighted by atomic mass is 16.5. The molecule has 0 unspecified atom stereocenters. The van der Waals surface area contributed by atoms with Crippen molar-refractivity contribution in [3.05, 3.63) is 6.20 Å². The molecule has 0 amide bonds. The molecular weight excluding hydrogens is 206 g/mol. The van der Waals surface area contributed by atoms with Crippen LogP contribution in [-0.4, -0.2) is 26.3 Å². The Morgan fingerprint density at radius 3 is 2.94 bits per heavy atom. The third-order valence-electron chi connectivity index (χ3n) is 2.87. The summed E-state index contributed by atoms with van der Waals surface area (Å²) >= 11 is 0. The van der Waals surface area contributed by atoms with Crippen molar-refractivity contribution in [3.63, 3.8) is 0 Å². The minimum atomic E-state index is 0.213. The SMILES string of the molecule is Nc1nc(OC2CCCC2)c2cn[nH]c2n1. The van der Waals surface area contributed by atoms with E-state index in [1.54, 1.807) is 6.20 Å². The van der Waals surface area contributed by atoms with Crippen LogP contribution < -0.4 is 10.5 Å². The van der Waals surface area contributed by atoms with E-state index >= 15 is 0 Å². The molecule has 0 spiro atoms. The van der Waals surface area contributed by atoms with Gasteiger partial charge in [0.15, 0.2) is 5.65 Å². The van der Waals surface area contributed by atoms with Gasteiger partial charge in [0.25, 0.3) is 0 Å². The highest BCUT2D eigenvalue weighted by molar-refractivity contribution is 5.80. The molecule has 2 aromatic heterocycles. The maximum absolute atomic E-state index is 5.84. The summed E-state index contributed by atoms with van der Waals surface area (Å²) < 4.78 is 5.84. The molecule has 2 aromatic rings. The lowest BCUT2D eigenvalue weighted by atomic mass is 10.3. The van der Waals surface area contributed by atoms with Gasteiger partial charge in [-0.1, -0.05) is 0 Å². The van der Waals surface area contributed by atoms with Crippen LogP contribution in [-0.2, 0) is 0 Å². The van der Waals surface area contributed by atoms with E-state index in [1.807, 2.05) is 0 Å². The van der Waals surface area contributed by atoms with E-state index in [9.17, 15) is 0 Å². The number of nitrogen functional groups attached to an aromatic ring is 1. The molecule has 84 valence electrons. The van der Waals surface area contributed by atoms with Gasteiger partial charge in [0, 0.05) is 0 Å². The summed E-state index contributed by atoms with van der Waals surface area (Å²) in [7, 11) is 0. The highest BCUT2D eigenvalue weighted by Gasteiger charge is 2.19. The molecule has 1 aliphatic carbocycles. The van der Waals surface area contributed by atoms with Gasteiger partial charge in [-0.3, -0.25) is 5.10 Å². The first-order valence-corrected chi connectivity index (χ1v) is 5.46. The fraction of sp³-hybridized carbons (Fsp3) is 0.500. The van der Waals surface area contributed by atoms with Gasteiger partial charge >= 0.3 is 0 Å². The van der Waals surface area contributed by atoms with Gasteiger partial charge in [0.05, 0.1) is 6.20 Å². The van der Waals surface area contributed by atoms with Gasteiger partial charge in [-0.05, 0) is 25.7 Å². The fourth-order valence-electron chi connectivity index (χ4n) is 2.08. The molecule has 1 aliphatic rings. The zero-order chi connectivity index (χ0) is 11.0. The van der Waals surface area contributed by atoms with Crippen molar-refractivity contribution < 1.29 is 4.74 Å². The van der Waals surface area contributed by atoms with Crippen LogP contribution in [0.5, 0.6) is 5.88 Å². The monoisotopic (exact) mass is 219 g/mol. The van der Waals surface area contributed by atoms with Crippen molar-refractivity contribution in [3.8, 4) is 5.88 Å². The van der Waals surface area contributed by atoms with Crippen molar-refractivity contribution in [2.24, 2.45) is 0 Å². The number of H-pyrrole nitrogens is 1. The number of fused-ring (bicyclic) bond motifs is 1. The van der Waals surface area contributed by atoms with Crippen molar-refractivity contribution in [1.82, 2.24) is 20.2 Å². The first-order valence-electron chi connectivity index (χ1n) is 5.46. The molecule has 6 heteroatoms. The van der Waals surface area contributed by atoms with Crippen molar-refractivity contribution >= 4 is 17.0 Å².